The van der Waals surface area contributed by atoms with E-state index in [9.17, 15) is 0 Å². The van der Waals surface area contributed by atoms with Gasteiger partial charge in [-0.15, -0.1) is 0 Å². The summed E-state index contributed by atoms with van der Waals surface area (Å²) in [5.74, 6) is 0. The number of ether oxygens (including phenoxy) is 2. The number of rotatable bonds is 5. The average molecular weight is 304 g/mol. The number of nitrogens with one attached hydrogen (secondary N) is 1. The molecule has 2 aliphatic heterocycles. The summed E-state index contributed by atoms with van der Waals surface area (Å²) >= 11 is 0. The monoisotopic (exact) mass is 304 g/mol. The molecule has 1 aromatic carbocycles. The molecule has 0 bridgehead atoms. The van der Waals surface area contributed by atoms with Gasteiger partial charge in [-0.25, -0.2) is 0 Å². The molecule has 0 unspecified atom stereocenters. The number of likely N-dealkylation sites (tertiary alicyclic amines) is 1. The van der Waals surface area contributed by atoms with Crippen LogP contribution in [-0.4, -0.2) is 44.8 Å². The Morgan fingerprint density at radius 3 is 2.41 bits per heavy atom. The van der Waals surface area contributed by atoms with Crippen molar-refractivity contribution in [2.75, 3.05) is 39.9 Å². The van der Waals surface area contributed by atoms with Gasteiger partial charge in [0.15, 0.2) is 6.29 Å². The van der Waals surface area contributed by atoms with Crippen LogP contribution in [-0.2, 0) is 16.0 Å². The third-order valence-electron chi connectivity index (χ3n) is 4.95. The summed E-state index contributed by atoms with van der Waals surface area (Å²) in [5.41, 5.74) is 2.87. The van der Waals surface area contributed by atoms with Gasteiger partial charge in [-0.1, -0.05) is 31.2 Å². The van der Waals surface area contributed by atoms with E-state index in [0.717, 1.165) is 18.7 Å². The van der Waals surface area contributed by atoms with Crippen LogP contribution in [0.15, 0.2) is 24.3 Å². The van der Waals surface area contributed by atoms with Crippen molar-refractivity contribution >= 4 is 0 Å². The lowest BCUT2D eigenvalue weighted by Crippen LogP contribution is -2.41. The quantitative estimate of drug-likeness (QED) is 0.906. The predicted octanol–water partition coefficient (Wildman–Crippen LogP) is 2.55. The molecule has 2 fully saturated rings. The van der Waals surface area contributed by atoms with Gasteiger partial charge in [0.2, 0.25) is 0 Å². The van der Waals surface area contributed by atoms with Crippen LogP contribution in [0.5, 0.6) is 0 Å². The van der Waals surface area contributed by atoms with E-state index in [4.69, 9.17) is 9.47 Å². The van der Waals surface area contributed by atoms with Crippen molar-refractivity contribution in [3.05, 3.63) is 35.4 Å². The molecule has 0 aliphatic carbocycles. The van der Waals surface area contributed by atoms with Gasteiger partial charge in [-0.3, -0.25) is 0 Å². The van der Waals surface area contributed by atoms with Crippen LogP contribution in [0.25, 0.3) is 0 Å². The number of hydrogen-bond donors (Lipinski definition) is 1. The lowest BCUT2D eigenvalue weighted by molar-refractivity contribution is -0.0441. The van der Waals surface area contributed by atoms with Gasteiger partial charge < -0.3 is 19.7 Å². The highest BCUT2D eigenvalue weighted by molar-refractivity contribution is 5.23. The summed E-state index contributed by atoms with van der Waals surface area (Å²) < 4.78 is 11.0. The molecular weight excluding hydrogens is 276 g/mol. The molecule has 3 rings (SSSR count). The van der Waals surface area contributed by atoms with Gasteiger partial charge in [-0.2, -0.15) is 0 Å². The standard InChI is InChI=1S/C18H28N2O2/c1-18(7-9-20(2)10-8-18)14-19-13-15-3-5-16(6-4-15)17-21-11-12-22-17/h3-6,17,19H,7-14H2,1-2H3. The number of nitrogens with zero attached hydrogens (tertiary/aromatic N) is 1. The summed E-state index contributed by atoms with van der Waals surface area (Å²) in [5, 5.41) is 3.63. The van der Waals surface area contributed by atoms with Gasteiger partial charge in [0.05, 0.1) is 13.2 Å². The zero-order valence-corrected chi connectivity index (χ0v) is 13.8. The van der Waals surface area contributed by atoms with E-state index in [1.54, 1.807) is 0 Å². The van der Waals surface area contributed by atoms with Crippen molar-refractivity contribution < 1.29 is 9.47 Å². The second-order valence-corrected chi connectivity index (χ2v) is 7.03. The topological polar surface area (TPSA) is 33.7 Å². The molecule has 0 saturated carbocycles. The van der Waals surface area contributed by atoms with Crippen molar-refractivity contribution in [3.63, 3.8) is 0 Å². The molecule has 0 aromatic heterocycles. The lowest BCUT2D eigenvalue weighted by Gasteiger charge is -2.38. The van der Waals surface area contributed by atoms with E-state index in [1.807, 2.05) is 0 Å². The van der Waals surface area contributed by atoms with E-state index >= 15 is 0 Å². The SMILES string of the molecule is CN1CCC(C)(CNCc2ccc(C3OCCO3)cc2)CC1. The lowest BCUT2D eigenvalue weighted by atomic mass is 9.80. The van der Waals surface area contributed by atoms with Crippen LogP contribution in [0.4, 0.5) is 0 Å². The van der Waals surface area contributed by atoms with Gasteiger partial charge in [-0.05, 0) is 44.0 Å². The summed E-state index contributed by atoms with van der Waals surface area (Å²) in [4.78, 5) is 2.42. The zero-order valence-electron chi connectivity index (χ0n) is 13.8. The van der Waals surface area contributed by atoms with E-state index in [1.165, 1.54) is 31.5 Å². The second-order valence-electron chi connectivity index (χ2n) is 7.03. The second kappa shape index (κ2) is 7.09. The Morgan fingerprint density at radius 1 is 1.14 bits per heavy atom. The van der Waals surface area contributed by atoms with E-state index in [2.05, 4.69) is 48.5 Å². The van der Waals surface area contributed by atoms with Crippen molar-refractivity contribution in [1.29, 1.82) is 0 Å². The van der Waals surface area contributed by atoms with Crippen molar-refractivity contribution in [1.82, 2.24) is 10.2 Å². The van der Waals surface area contributed by atoms with Crippen molar-refractivity contribution in [2.45, 2.75) is 32.6 Å². The van der Waals surface area contributed by atoms with Crippen molar-refractivity contribution in [2.24, 2.45) is 5.41 Å². The molecule has 2 heterocycles. The van der Waals surface area contributed by atoms with Gasteiger partial charge in [0.25, 0.3) is 0 Å². The molecule has 1 N–H and O–H groups in total. The van der Waals surface area contributed by atoms with E-state index < -0.39 is 0 Å². The summed E-state index contributed by atoms with van der Waals surface area (Å²) in [6.07, 6.45) is 2.40. The molecule has 0 spiro atoms. The first kappa shape index (κ1) is 15.9. The molecule has 1 aromatic rings. The summed E-state index contributed by atoms with van der Waals surface area (Å²) in [7, 11) is 2.21. The fraction of sp³-hybridized carbons (Fsp3) is 0.667. The predicted molar refractivity (Wildman–Crippen MR) is 87.6 cm³/mol. The highest BCUT2D eigenvalue weighted by Gasteiger charge is 2.28. The molecule has 122 valence electrons. The van der Waals surface area contributed by atoms with Crippen molar-refractivity contribution in [3.8, 4) is 0 Å². The average Bonchev–Trinajstić information content (AvgIpc) is 3.06. The smallest absolute Gasteiger partial charge is 0.184 e. The maximum Gasteiger partial charge on any atom is 0.184 e. The minimum Gasteiger partial charge on any atom is -0.346 e. The van der Waals surface area contributed by atoms with E-state index in [0.29, 0.717) is 18.6 Å². The molecule has 2 saturated heterocycles. The van der Waals surface area contributed by atoms with Crippen LogP contribution in [0.1, 0.15) is 37.2 Å². The van der Waals surface area contributed by atoms with Crippen LogP contribution >= 0.6 is 0 Å². The minimum absolute atomic E-state index is 0.167. The fourth-order valence-electron chi connectivity index (χ4n) is 3.19. The normalized spacial score (nSPS) is 23.0. The Hall–Kier alpha value is -0.940. The van der Waals surface area contributed by atoms with Crippen LogP contribution in [0.2, 0.25) is 0 Å². The van der Waals surface area contributed by atoms with Crippen LogP contribution < -0.4 is 5.32 Å². The molecule has 0 radical (unpaired) electrons. The first-order valence-electron chi connectivity index (χ1n) is 8.36. The van der Waals surface area contributed by atoms with Gasteiger partial charge >= 0.3 is 0 Å². The molecule has 4 nitrogen and oxygen atoms in total. The Morgan fingerprint density at radius 2 is 1.77 bits per heavy atom. The minimum atomic E-state index is -0.167. The maximum atomic E-state index is 5.52. The third kappa shape index (κ3) is 4.07. The van der Waals surface area contributed by atoms with Gasteiger partial charge in [0, 0.05) is 18.7 Å². The Balaban J connectivity index is 1.45. The Labute approximate surface area is 133 Å². The molecule has 2 aliphatic rings. The van der Waals surface area contributed by atoms with Gasteiger partial charge in [0.1, 0.15) is 0 Å². The molecule has 0 atom stereocenters. The summed E-state index contributed by atoms with van der Waals surface area (Å²) in [6.45, 7) is 8.26. The van der Waals surface area contributed by atoms with Crippen LogP contribution in [0.3, 0.4) is 0 Å². The maximum absolute atomic E-state index is 5.52. The Bertz CT molecular complexity index is 460. The van der Waals surface area contributed by atoms with Crippen LogP contribution in [0, 0.1) is 5.41 Å². The zero-order chi connectivity index (χ0) is 15.4. The highest BCUT2D eigenvalue weighted by Crippen LogP contribution is 2.29. The summed E-state index contributed by atoms with van der Waals surface area (Å²) in [6, 6.07) is 8.57. The molecule has 0 amide bonds. The molecule has 4 heteroatoms. The Kier molecular flexibility index (Phi) is 5.14. The first-order valence-corrected chi connectivity index (χ1v) is 8.36. The number of piperidine rings is 1. The largest absolute Gasteiger partial charge is 0.346 e. The van der Waals surface area contributed by atoms with E-state index in [-0.39, 0.29) is 6.29 Å². The highest BCUT2D eigenvalue weighted by atomic mass is 16.7. The first-order chi connectivity index (χ1) is 10.6. The molecular formula is C18H28N2O2. The molecule has 22 heavy (non-hydrogen) atoms. The fourth-order valence-corrected chi connectivity index (χ4v) is 3.19. The number of hydrogen-bond acceptors (Lipinski definition) is 4. The third-order valence-corrected chi connectivity index (χ3v) is 4.95. The number of benzene rings is 1.